The van der Waals surface area contributed by atoms with Gasteiger partial charge in [-0.15, -0.1) is 0 Å². The monoisotopic (exact) mass is 337 g/mol. The first kappa shape index (κ1) is 25.8. The van der Waals surface area contributed by atoms with Crippen LogP contribution < -0.4 is 6.15 Å². The quantitative estimate of drug-likeness (QED) is 0.333. The fraction of sp³-hybridized carbons (Fsp3) is 0.714. The van der Waals surface area contributed by atoms with Gasteiger partial charge in [-0.2, -0.15) is 0 Å². The smallest absolute Gasteiger partial charge is 0.303 e. The van der Waals surface area contributed by atoms with E-state index in [-0.39, 0.29) is 31.8 Å². The molecule has 0 aromatic rings. The third-order valence-corrected chi connectivity index (χ3v) is 2.56. The lowest BCUT2D eigenvalue weighted by Crippen LogP contribution is -1.97. The van der Waals surface area contributed by atoms with Crippen LogP contribution in [0.15, 0.2) is 0 Å². The second-order valence-electron chi connectivity index (χ2n) is 4.70. The first-order valence-electron chi connectivity index (χ1n) is 7.13. The van der Waals surface area contributed by atoms with Crippen molar-refractivity contribution < 1.29 is 39.6 Å². The Balaban J connectivity index is -0.000000338. The minimum atomic E-state index is -0.870. The van der Waals surface area contributed by atoms with Gasteiger partial charge in [-0.1, -0.05) is 12.8 Å². The maximum atomic E-state index is 10.0. The molecule has 0 aliphatic heterocycles. The fourth-order valence-electron chi connectivity index (χ4n) is 1.46. The number of carbonyl (C=O) groups is 4. The average Bonchev–Trinajstić information content (AvgIpc) is 2.38. The van der Waals surface area contributed by atoms with Gasteiger partial charge >= 0.3 is 23.9 Å². The first-order valence-corrected chi connectivity index (χ1v) is 7.13. The fourth-order valence-corrected chi connectivity index (χ4v) is 1.46. The molecule has 0 saturated heterocycles. The SMILES string of the molecule is N.O=C(O)CCCCC(=O)O.O=C(O)CCCCCCC(=O)O. The van der Waals surface area contributed by atoms with Crippen LogP contribution in [0.3, 0.4) is 0 Å². The van der Waals surface area contributed by atoms with Gasteiger partial charge in [0, 0.05) is 25.7 Å². The largest absolute Gasteiger partial charge is 0.481 e. The van der Waals surface area contributed by atoms with Crippen LogP contribution in [0.25, 0.3) is 0 Å². The third kappa shape index (κ3) is 33.0. The first-order chi connectivity index (χ1) is 10.3. The number of hydrogen-bond acceptors (Lipinski definition) is 5. The molecule has 0 spiro atoms. The van der Waals surface area contributed by atoms with Gasteiger partial charge in [-0.25, -0.2) is 0 Å². The van der Waals surface area contributed by atoms with Gasteiger partial charge in [-0.3, -0.25) is 19.2 Å². The van der Waals surface area contributed by atoms with Crippen LogP contribution in [0, 0.1) is 0 Å². The zero-order valence-electron chi connectivity index (χ0n) is 13.2. The molecule has 0 amide bonds. The summed E-state index contributed by atoms with van der Waals surface area (Å²) < 4.78 is 0. The Kier molecular flexibility index (Phi) is 20.0. The van der Waals surface area contributed by atoms with Crippen LogP contribution in [0.1, 0.15) is 64.2 Å². The topological polar surface area (TPSA) is 184 Å². The molecule has 7 N–H and O–H groups in total. The molecule has 0 aliphatic carbocycles. The molecular weight excluding hydrogens is 310 g/mol. The van der Waals surface area contributed by atoms with E-state index in [1.807, 2.05) is 0 Å². The van der Waals surface area contributed by atoms with Gasteiger partial charge in [0.2, 0.25) is 0 Å². The molecule has 0 aliphatic rings. The summed E-state index contributed by atoms with van der Waals surface area (Å²) >= 11 is 0. The Labute approximate surface area is 134 Å². The number of carboxylic acids is 4. The summed E-state index contributed by atoms with van der Waals surface area (Å²) in [5, 5.41) is 32.8. The third-order valence-electron chi connectivity index (χ3n) is 2.56. The molecule has 9 heteroatoms. The van der Waals surface area contributed by atoms with Gasteiger partial charge in [0.15, 0.2) is 0 Å². The predicted octanol–water partition coefficient (Wildman–Crippen LogP) is 2.37. The van der Waals surface area contributed by atoms with Crippen molar-refractivity contribution in [2.75, 3.05) is 0 Å². The molecule has 0 bridgehead atoms. The maximum Gasteiger partial charge on any atom is 0.303 e. The van der Waals surface area contributed by atoms with Crippen molar-refractivity contribution in [3.05, 3.63) is 0 Å². The zero-order valence-corrected chi connectivity index (χ0v) is 13.2. The molecule has 0 aromatic heterocycles. The molecule has 136 valence electrons. The second kappa shape index (κ2) is 17.9. The zero-order chi connectivity index (χ0) is 17.4. The van der Waals surface area contributed by atoms with Gasteiger partial charge in [-0.05, 0) is 25.7 Å². The highest BCUT2D eigenvalue weighted by atomic mass is 16.4. The van der Waals surface area contributed by atoms with E-state index in [2.05, 4.69) is 0 Å². The maximum absolute atomic E-state index is 10.0. The van der Waals surface area contributed by atoms with Crippen molar-refractivity contribution in [3.63, 3.8) is 0 Å². The van der Waals surface area contributed by atoms with Crippen LogP contribution in [0.5, 0.6) is 0 Å². The molecule has 23 heavy (non-hydrogen) atoms. The molecule has 0 unspecified atom stereocenters. The summed E-state index contributed by atoms with van der Waals surface area (Å²) in [4.78, 5) is 39.9. The van der Waals surface area contributed by atoms with Gasteiger partial charge in [0.25, 0.3) is 0 Å². The highest BCUT2D eigenvalue weighted by Crippen LogP contribution is 2.04. The van der Waals surface area contributed by atoms with E-state index in [1.165, 1.54) is 0 Å². The number of unbranched alkanes of at least 4 members (excludes halogenated alkanes) is 4. The summed E-state index contributed by atoms with van der Waals surface area (Å²) in [5.41, 5.74) is 0. The second-order valence-corrected chi connectivity index (χ2v) is 4.70. The molecular formula is C14H27NO8. The number of aliphatic carboxylic acids is 4. The van der Waals surface area contributed by atoms with Gasteiger partial charge in [0.1, 0.15) is 0 Å². The summed E-state index contributed by atoms with van der Waals surface area (Å²) in [6, 6.07) is 0. The Morgan fingerprint density at radius 2 is 0.609 bits per heavy atom. The van der Waals surface area contributed by atoms with Crippen molar-refractivity contribution in [2.24, 2.45) is 0 Å². The molecule has 0 heterocycles. The molecule has 0 radical (unpaired) electrons. The summed E-state index contributed by atoms with van der Waals surface area (Å²) in [7, 11) is 0. The highest BCUT2D eigenvalue weighted by Gasteiger charge is 1.99. The molecule has 0 fully saturated rings. The van der Waals surface area contributed by atoms with E-state index < -0.39 is 23.9 Å². The van der Waals surface area contributed by atoms with Gasteiger partial charge < -0.3 is 26.6 Å². The summed E-state index contributed by atoms with van der Waals surface area (Å²) in [6.45, 7) is 0. The number of hydrogen-bond donors (Lipinski definition) is 5. The lowest BCUT2D eigenvalue weighted by Gasteiger charge is -1.96. The van der Waals surface area contributed by atoms with Crippen LogP contribution in [0.2, 0.25) is 0 Å². The molecule has 0 saturated carbocycles. The molecule has 0 atom stereocenters. The minimum absolute atomic E-state index is 0. The Morgan fingerprint density at radius 1 is 0.435 bits per heavy atom. The Morgan fingerprint density at radius 3 is 0.783 bits per heavy atom. The van der Waals surface area contributed by atoms with Crippen molar-refractivity contribution >= 4 is 23.9 Å². The number of carboxylic acid groups (broad SMARTS) is 4. The van der Waals surface area contributed by atoms with Crippen LogP contribution in [-0.4, -0.2) is 44.3 Å². The Bertz CT molecular complexity index is 323. The van der Waals surface area contributed by atoms with E-state index in [1.54, 1.807) is 0 Å². The van der Waals surface area contributed by atoms with Crippen molar-refractivity contribution in [3.8, 4) is 0 Å². The van der Waals surface area contributed by atoms with Crippen LogP contribution in [-0.2, 0) is 19.2 Å². The number of rotatable bonds is 12. The lowest BCUT2D eigenvalue weighted by molar-refractivity contribution is -0.139. The highest BCUT2D eigenvalue weighted by molar-refractivity contribution is 5.68. The Hall–Kier alpha value is -2.16. The predicted molar refractivity (Wildman–Crippen MR) is 81.7 cm³/mol. The summed E-state index contributed by atoms with van der Waals surface area (Å²) in [5.74, 6) is -3.31. The van der Waals surface area contributed by atoms with Gasteiger partial charge in [0.05, 0.1) is 0 Å². The molecule has 9 nitrogen and oxygen atoms in total. The van der Waals surface area contributed by atoms with E-state index in [0.29, 0.717) is 25.7 Å². The van der Waals surface area contributed by atoms with E-state index in [4.69, 9.17) is 20.4 Å². The van der Waals surface area contributed by atoms with Crippen LogP contribution >= 0.6 is 0 Å². The van der Waals surface area contributed by atoms with Crippen molar-refractivity contribution in [2.45, 2.75) is 64.2 Å². The van der Waals surface area contributed by atoms with Crippen LogP contribution in [0.4, 0.5) is 0 Å². The molecule has 0 rings (SSSR count). The standard InChI is InChI=1S/C8H14O4.C6H10O4.H3N/c9-7(10)5-3-1-2-4-6-8(11)12;7-5(8)3-1-2-4-6(9)10;/h1-6H2,(H,9,10)(H,11,12);1-4H2,(H,7,8)(H,9,10);1H3. The lowest BCUT2D eigenvalue weighted by atomic mass is 10.1. The minimum Gasteiger partial charge on any atom is -0.481 e. The van der Waals surface area contributed by atoms with E-state index >= 15 is 0 Å². The van der Waals surface area contributed by atoms with E-state index in [9.17, 15) is 19.2 Å². The van der Waals surface area contributed by atoms with Crippen molar-refractivity contribution in [1.29, 1.82) is 0 Å². The van der Waals surface area contributed by atoms with E-state index in [0.717, 1.165) is 12.8 Å². The molecule has 0 aromatic carbocycles. The summed E-state index contributed by atoms with van der Waals surface area (Å²) in [6.07, 6.45) is 4.30. The van der Waals surface area contributed by atoms with Crippen molar-refractivity contribution in [1.82, 2.24) is 6.15 Å². The average molecular weight is 337 g/mol. The normalized spacial score (nSPS) is 9.04.